The van der Waals surface area contributed by atoms with E-state index in [2.05, 4.69) is 0 Å². The zero-order chi connectivity index (χ0) is 31.3. The van der Waals surface area contributed by atoms with Gasteiger partial charge in [-0.2, -0.15) is 0 Å². The summed E-state index contributed by atoms with van der Waals surface area (Å²) < 4.78 is 23.0. The number of rotatable bonds is 14. The molecule has 2 aliphatic rings. The topological polar surface area (TPSA) is 152 Å². The van der Waals surface area contributed by atoms with Gasteiger partial charge < -0.3 is 39.0 Å². The van der Waals surface area contributed by atoms with Crippen LogP contribution in [0.4, 0.5) is 0 Å². The molecule has 2 heterocycles. The fourth-order valence-corrected chi connectivity index (χ4v) is 5.11. The lowest BCUT2D eigenvalue weighted by molar-refractivity contribution is -0.145. The van der Waals surface area contributed by atoms with E-state index >= 15 is 0 Å². The molecule has 0 radical (unpaired) electrons. The SMILES string of the molecule is COc1cc2c(c(OCCCOc3cc4c(cc3OC)CN(C(=O)C[C@H](C)C(=O)O)C4)c1)CN(C(=O)C[C@H](C)C(=O)O)C2. The monoisotopic (exact) mass is 598 g/mol. The second kappa shape index (κ2) is 13.7. The zero-order valence-corrected chi connectivity index (χ0v) is 24.9. The third-order valence-corrected chi connectivity index (χ3v) is 7.74. The number of nitrogens with zero attached hydrogens (tertiary/aromatic N) is 2. The van der Waals surface area contributed by atoms with Gasteiger partial charge in [0.2, 0.25) is 11.8 Å². The summed E-state index contributed by atoms with van der Waals surface area (Å²) in [6.07, 6.45) is 0.416. The van der Waals surface area contributed by atoms with Gasteiger partial charge in [0.05, 0.1) is 39.3 Å². The van der Waals surface area contributed by atoms with Crippen molar-refractivity contribution in [2.75, 3.05) is 27.4 Å². The number of carbonyl (C=O) groups excluding carboxylic acids is 2. The highest BCUT2D eigenvalue weighted by Crippen LogP contribution is 2.37. The van der Waals surface area contributed by atoms with Crippen LogP contribution in [-0.2, 0) is 45.4 Å². The molecule has 232 valence electrons. The Morgan fingerprint density at radius 3 is 1.74 bits per heavy atom. The third-order valence-electron chi connectivity index (χ3n) is 7.74. The van der Waals surface area contributed by atoms with Crippen molar-refractivity contribution in [3.05, 3.63) is 46.5 Å². The van der Waals surface area contributed by atoms with Crippen molar-refractivity contribution < 1.29 is 48.3 Å². The minimum absolute atomic E-state index is 0.0570. The average Bonchev–Trinajstić information content (AvgIpc) is 3.60. The lowest BCUT2D eigenvalue weighted by atomic mass is 10.1. The van der Waals surface area contributed by atoms with Crippen LogP contribution in [0.3, 0.4) is 0 Å². The molecule has 0 spiro atoms. The molecule has 2 aromatic rings. The molecule has 12 nitrogen and oxygen atoms in total. The second-order valence-corrected chi connectivity index (χ2v) is 11.0. The van der Waals surface area contributed by atoms with Gasteiger partial charge in [0, 0.05) is 57.1 Å². The van der Waals surface area contributed by atoms with Crippen LogP contribution in [0.15, 0.2) is 24.3 Å². The third kappa shape index (κ3) is 7.49. The summed E-state index contributed by atoms with van der Waals surface area (Å²) in [7, 11) is 3.10. The van der Waals surface area contributed by atoms with Crippen LogP contribution in [0.2, 0.25) is 0 Å². The molecule has 4 rings (SSSR count). The Hall–Kier alpha value is -4.48. The molecular formula is C31H38N2O10. The van der Waals surface area contributed by atoms with Gasteiger partial charge in [0.15, 0.2) is 11.5 Å². The number of fused-ring (bicyclic) bond motifs is 2. The first kappa shape index (κ1) is 31.5. The van der Waals surface area contributed by atoms with Crippen LogP contribution < -0.4 is 18.9 Å². The smallest absolute Gasteiger partial charge is 0.306 e. The molecule has 12 heteroatoms. The van der Waals surface area contributed by atoms with E-state index in [1.54, 1.807) is 30.1 Å². The molecule has 2 N–H and O–H groups in total. The van der Waals surface area contributed by atoms with Gasteiger partial charge in [0.1, 0.15) is 11.5 Å². The van der Waals surface area contributed by atoms with Crippen molar-refractivity contribution in [1.29, 1.82) is 0 Å². The summed E-state index contributed by atoms with van der Waals surface area (Å²) in [6, 6.07) is 7.34. The van der Waals surface area contributed by atoms with Crippen molar-refractivity contribution in [3.8, 4) is 23.0 Å². The van der Waals surface area contributed by atoms with E-state index in [1.807, 2.05) is 18.2 Å². The molecule has 2 aliphatic heterocycles. The first-order valence-corrected chi connectivity index (χ1v) is 14.2. The minimum Gasteiger partial charge on any atom is -0.497 e. The summed E-state index contributed by atoms with van der Waals surface area (Å²) in [5.41, 5.74) is 3.62. The molecule has 0 unspecified atom stereocenters. The van der Waals surface area contributed by atoms with E-state index in [1.165, 1.54) is 13.8 Å². The number of carboxylic acids is 2. The van der Waals surface area contributed by atoms with Crippen molar-refractivity contribution in [3.63, 3.8) is 0 Å². The Morgan fingerprint density at radius 2 is 1.21 bits per heavy atom. The van der Waals surface area contributed by atoms with E-state index in [-0.39, 0.29) is 24.7 Å². The highest BCUT2D eigenvalue weighted by Gasteiger charge is 2.30. The number of amides is 2. The Bertz CT molecular complexity index is 1390. The van der Waals surface area contributed by atoms with Gasteiger partial charge in [-0.05, 0) is 34.9 Å². The molecule has 0 bridgehead atoms. The van der Waals surface area contributed by atoms with Crippen LogP contribution in [0, 0.1) is 11.8 Å². The van der Waals surface area contributed by atoms with E-state index in [4.69, 9.17) is 29.2 Å². The molecule has 2 aromatic carbocycles. The zero-order valence-electron chi connectivity index (χ0n) is 24.9. The standard InChI is InChI=1S/C31H38N2O10/c1-18(30(36)37)8-28(34)32-14-20-11-26(41-4)27(12-21(20)15-32)43-7-5-6-42-25-13-23(40-3)10-22-16-33(17-24(22)25)29(35)9-19(2)31(38)39/h10-13,18-19H,5-9,14-17H2,1-4H3,(H,36,37)(H,38,39)/t18-,19-/m0/s1. The van der Waals surface area contributed by atoms with Gasteiger partial charge >= 0.3 is 11.9 Å². The number of ether oxygens (including phenoxy) is 4. The number of methoxy groups -OCH3 is 2. The summed E-state index contributed by atoms with van der Waals surface area (Å²) >= 11 is 0. The molecule has 0 saturated carbocycles. The Balaban J connectivity index is 1.32. The maximum absolute atomic E-state index is 12.7. The normalized spacial score (nSPS) is 14.9. The molecule has 0 saturated heterocycles. The van der Waals surface area contributed by atoms with Crippen LogP contribution in [-0.4, -0.2) is 71.2 Å². The molecular weight excluding hydrogens is 560 g/mol. The summed E-state index contributed by atoms with van der Waals surface area (Å²) in [5, 5.41) is 18.3. The van der Waals surface area contributed by atoms with E-state index < -0.39 is 23.8 Å². The Kier molecular flexibility index (Phi) is 9.99. The molecule has 0 aliphatic carbocycles. The van der Waals surface area contributed by atoms with Crippen LogP contribution in [0.25, 0.3) is 0 Å². The van der Waals surface area contributed by atoms with Crippen molar-refractivity contribution in [1.82, 2.24) is 9.80 Å². The number of benzene rings is 2. The van der Waals surface area contributed by atoms with Crippen LogP contribution in [0.1, 0.15) is 55.4 Å². The van der Waals surface area contributed by atoms with E-state index in [0.717, 1.165) is 22.3 Å². The first-order chi connectivity index (χ1) is 20.5. The quantitative estimate of drug-likeness (QED) is 0.309. The average molecular weight is 599 g/mol. The molecule has 0 aromatic heterocycles. The first-order valence-electron chi connectivity index (χ1n) is 14.2. The number of carbonyl (C=O) groups is 4. The largest absolute Gasteiger partial charge is 0.497 e. The summed E-state index contributed by atoms with van der Waals surface area (Å²) in [4.78, 5) is 50.9. The van der Waals surface area contributed by atoms with Gasteiger partial charge in [-0.25, -0.2) is 0 Å². The number of hydrogen-bond acceptors (Lipinski definition) is 8. The molecule has 2 amide bonds. The van der Waals surface area contributed by atoms with Gasteiger partial charge in [-0.1, -0.05) is 13.8 Å². The molecule has 2 atom stereocenters. The fourth-order valence-electron chi connectivity index (χ4n) is 5.11. The summed E-state index contributed by atoms with van der Waals surface area (Å²) in [5.74, 6) is -1.66. The maximum Gasteiger partial charge on any atom is 0.306 e. The van der Waals surface area contributed by atoms with Gasteiger partial charge in [-0.3, -0.25) is 19.2 Å². The fraction of sp³-hybridized carbons (Fsp3) is 0.484. The van der Waals surface area contributed by atoms with Crippen molar-refractivity contribution in [2.45, 2.75) is 59.3 Å². The van der Waals surface area contributed by atoms with Gasteiger partial charge in [-0.15, -0.1) is 0 Å². The predicted octanol–water partition coefficient (Wildman–Crippen LogP) is 3.46. The number of carboxylic acid groups (broad SMARTS) is 2. The Labute approximate surface area is 250 Å². The number of aliphatic carboxylic acids is 2. The second-order valence-electron chi connectivity index (χ2n) is 11.0. The number of hydrogen-bond donors (Lipinski definition) is 2. The van der Waals surface area contributed by atoms with Crippen molar-refractivity contribution in [2.24, 2.45) is 11.8 Å². The molecule has 0 fully saturated rings. The van der Waals surface area contributed by atoms with Crippen LogP contribution >= 0.6 is 0 Å². The van der Waals surface area contributed by atoms with E-state index in [9.17, 15) is 19.2 Å². The lowest BCUT2D eigenvalue weighted by Crippen LogP contribution is -2.28. The predicted molar refractivity (Wildman–Crippen MR) is 153 cm³/mol. The molecule has 43 heavy (non-hydrogen) atoms. The highest BCUT2D eigenvalue weighted by atomic mass is 16.5. The highest BCUT2D eigenvalue weighted by molar-refractivity contribution is 5.83. The van der Waals surface area contributed by atoms with Crippen LogP contribution in [0.5, 0.6) is 23.0 Å². The van der Waals surface area contributed by atoms with Crippen molar-refractivity contribution >= 4 is 23.8 Å². The van der Waals surface area contributed by atoms with Gasteiger partial charge in [0.25, 0.3) is 0 Å². The summed E-state index contributed by atoms with van der Waals surface area (Å²) in [6.45, 7) is 5.15. The minimum atomic E-state index is -1.00. The van der Waals surface area contributed by atoms with E-state index in [0.29, 0.717) is 68.8 Å². The lowest BCUT2D eigenvalue weighted by Gasteiger charge is -2.17. The Morgan fingerprint density at radius 1 is 0.698 bits per heavy atom. The maximum atomic E-state index is 12.7.